The Balaban J connectivity index is 1.78. The highest BCUT2D eigenvalue weighted by molar-refractivity contribution is 5.97. The van der Waals surface area contributed by atoms with Crippen molar-refractivity contribution in [1.29, 1.82) is 0 Å². The first-order chi connectivity index (χ1) is 14.6. The number of aromatic nitrogens is 5. The van der Waals surface area contributed by atoms with Gasteiger partial charge in [-0.05, 0) is 5.56 Å². The summed E-state index contributed by atoms with van der Waals surface area (Å²) in [7, 11) is 3.15. The largest absolute Gasteiger partial charge is 0.383 e. The van der Waals surface area contributed by atoms with Gasteiger partial charge in [-0.2, -0.15) is 0 Å². The van der Waals surface area contributed by atoms with Crippen LogP contribution in [0.1, 0.15) is 27.9 Å². The SMILES string of the molecule is CNC(=O)c1[nH]cnc1-c1nnc2n1[C@H](Cc1ccccc1)C(=O)N(CCOC)C2. The van der Waals surface area contributed by atoms with Crippen molar-refractivity contribution in [3.63, 3.8) is 0 Å². The Morgan fingerprint density at radius 2 is 2.10 bits per heavy atom. The maximum atomic E-state index is 13.4. The molecular weight excluding hydrogens is 386 g/mol. The number of carbonyl (C=O) groups is 2. The van der Waals surface area contributed by atoms with Crippen LogP contribution in [-0.4, -0.2) is 68.8 Å². The van der Waals surface area contributed by atoms with Crippen molar-refractivity contribution in [2.45, 2.75) is 19.0 Å². The molecule has 10 nitrogen and oxygen atoms in total. The van der Waals surface area contributed by atoms with Gasteiger partial charge in [-0.1, -0.05) is 30.3 Å². The van der Waals surface area contributed by atoms with Gasteiger partial charge >= 0.3 is 0 Å². The van der Waals surface area contributed by atoms with E-state index in [2.05, 4.69) is 25.5 Å². The molecule has 0 radical (unpaired) electrons. The summed E-state index contributed by atoms with van der Waals surface area (Å²) >= 11 is 0. The van der Waals surface area contributed by atoms with E-state index < -0.39 is 6.04 Å². The van der Waals surface area contributed by atoms with Gasteiger partial charge in [0.25, 0.3) is 5.91 Å². The van der Waals surface area contributed by atoms with Crippen LogP contribution in [0.25, 0.3) is 11.5 Å². The van der Waals surface area contributed by atoms with Crippen LogP contribution in [0, 0.1) is 0 Å². The van der Waals surface area contributed by atoms with Gasteiger partial charge in [0.05, 0.1) is 19.5 Å². The van der Waals surface area contributed by atoms with Crippen LogP contribution in [-0.2, 0) is 22.5 Å². The van der Waals surface area contributed by atoms with E-state index in [0.29, 0.717) is 43.5 Å². The summed E-state index contributed by atoms with van der Waals surface area (Å²) in [6.07, 6.45) is 1.91. The molecule has 0 aliphatic carbocycles. The Bertz CT molecular complexity index is 1040. The Hall–Kier alpha value is -3.53. The van der Waals surface area contributed by atoms with E-state index in [1.165, 1.54) is 6.33 Å². The first kappa shape index (κ1) is 19.8. The van der Waals surface area contributed by atoms with Gasteiger partial charge in [-0.3, -0.25) is 14.2 Å². The van der Waals surface area contributed by atoms with Gasteiger partial charge < -0.3 is 19.9 Å². The molecular formula is C20H23N7O3. The van der Waals surface area contributed by atoms with E-state index in [1.54, 1.807) is 23.6 Å². The molecule has 0 fully saturated rings. The number of nitrogens with zero attached hydrogens (tertiary/aromatic N) is 5. The monoisotopic (exact) mass is 409 g/mol. The molecule has 1 aliphatic heterocycles. The number of nitrogens with one attached hydrogen (secondary N) is 2. The molecule has 2 amide bonds. The lowest BCUT2D eigenvalue weighted by atomic mass is 10.0. The molecule has 0 saturated carbocycles. The summed E-state index contributed by atoms with van der Waals surface area (Å²) in [4.78, 5) is 34.5. The van der Waals surface area contributed by atoms with Crippen LogP contribution < -0.4 is 5.32 Å². The molecule has 0 unspecified atom stereocenters. The molecule has 1 aromatic carbocycles. The molecule has 3 heterocycles. The maximum Gasteiger partial charge on any atom is 0.269 e. The number of hydrogen-bond donors (Lipinski definition) is 2. The van der Waals surface area contributed by atoms with Crippen LogP contribution in [0.3, 0.4) is 0 Å². The minimum Gasteiger partial charge on any atom is -0.383 e. The molecule has 4 rings (SSSR count). The smallest absolute Gasteiger partial charge is 0.269 e. The highest BCUT2D eigenvalue weighted by Gasteiger charge is 2.37. The molecule has 30 heavy (non-hydrogen) atoms. The van der Waals surface area contributed by atoms with Crippen LogP contribution in [0.15, 0.2) is 36.7 Å². The fourth-order valence-electron chi connectivity index (χ4n) is 3.66. The zero-order valence-corrected chi connectivity index (χ0v) is 16.8. The number of imidazole rings is 1. The number of amides is 2. The lowest BCUT2D eigenvalue weighted by Gasteiger charge is -2.33. The van der Waals surface area contributed by atoms with Crippen molar-refractivity contribution in [2.24, 2.45) is 0 Å². The summed E-state index contributed by atoms with van der Waals surface area (Å²) in [5, 5.41) is 11.2. The first-order valence-electron chi connectivity index (χ1n) is 9.65. The predicted octanol–water partition coefficient (Wildman–Crippen LogP) is 0.800. The minimum absolute atomic E-state index is 0.0403. The summed E-state index contributed by atoms with van der Waals surface area (Å²) < 4.78 is 6.96. The second kappa shape index (κ2) is 8.46. The van der Waals surface area contributed by atoms with Crippen molar-refractivity contribution < 1.29 is 14.3 Å². The maximum absolute atomic E-state index is 13.4. The third kappa shape index (κ3) is 3.57. The highest BCUT2D eigenvalue weighted by atomic mass is 16.5. The normalized spacial score (nSPS) is 15.9. The minimum atomic E-state index is -0.549. The van der Waals surface area contributed by atoms with Crippen molar-refractivity contribution in [3.05, 3.63) is 53.7 Å². The molecule has 1 atom stereocenters. The third-order valence-corrected chi connectivity index (χ3v) is 5.15. The number of carbonyl (C=O) groups excluding carboxylic acids is 2. The molecule has 2 aromatic heterocycles. The van der Waals surface area contributed by atoms with Gasteiger partial charge in [0.2, 0.25) is 5.91 Å². The zero-order valence-electron chi connectivity index (χ0n) is 16.8. The standard InChI is InChI=1S/C20H23N7O3/c1-21-19(28)17-16(22-12-23-17)18-25-24-15-11-26(8-9-30-2)20(29)14(27(15)18)10-13-6-4-3-5-7-13/h3-7,12,14H,8-11H2,1-2H3,(H,21,28)(H,22,23)/t14-/m1/s1. The van der Waals surface area contributed by atoms with E-state index in [0.717, 1.165) is 5.56 Å². The summed E-state index contributed by atoms with van der Waals surface area (Å²) in [6.45, 7) is 1.22. The van der Waals surface area contributed by atoms with Crippen molar-refractivity contribution in [1.82, 2.24) is 34.9 Å². The molecule has 0 bridgehead atoms. The lowest BCUT2D eigenvalue weighted by Crippen LogP contribution is -2.45. The molecule has 156 valence electrons. The molecule has 0 saturated heterocycles. The Morgan fingerprint density at radius 1 is 1.30 bits per heavy atom. The highest BCUT2D eigenvalue weighted by Crippen LogP contribution is 2.31. The van der Waals surface area contributed by atoms with Crippen LogP contribution in [0.4, 0.5) is 0 Å². The average Bonchev–Trinajstić information content (AvgIpc) is 3.41. The number of H-pyrrole nitrogens is 1. The Kier molecular flexibility index (Phi) is 5.57. The lowest BCUT2D eigenvalue weighted by molar-refractivity contribution is -0.138. The van der Waals surface area contributed by atoms with Crippen molar-refractivity contribution in [2.75, 3.05) is 27.3 Å². The second-order valence-electron chi connectivity index (χ2n) is 6.97. The summed E-state index contributed by atoms with van der Waals surface area (Å²) in [5.41, 5.74) is 1.66. The van der Waals surface area contributed by atoms with E-state index in [9.17, 15) is 9.59 Å². The van der Waals surface area contributed by atoms with Gasteiger partial charge in [-0.25, -0.2) is 4.98 Å². The fraction of sp³-hybridized carbons (Fsp3) is 0.350. The molecule has 2 N–H and O–H groups in total. The van der Waals surface area contributed by atoms with Gasteiger partial charge in [0, 0.05) is 27.1 Å². The summed E-state index contributed by atoms with van der Waals surface area (Å²) in [6, 6.07) is 9.23. The van der Waals surface area contributed by atoms with Crippen LogP contribution >= 0.6 is 0 Å². The Labute approximate surface area is 173 Å². The average molecular weight is 409 g/mol. The van der Waals surface area contributed by atoms with Gasteiger partial charge in [-0.15, -0.1) is 10.2 Å². The van der Waals surface area contributed by atoms with Crippen molar-refractivity contribution >= 4 is 11.8 Å². The fourth-order valence-corrected chi connectivity index (χ4v) is 3.66. The number of hydrogen-bond acceptors (Lipinski definition) is 6. The number of aromatic amines is 1. The number of methoxy groups -OCH3 is 1. The van der Waals surface area contributed by atoms with E-state index in [-0.39, 0.29) is 17.5 Å². The summed E-state index contributed by atoms with van der Waals surface area (Å²) in [5.74, 6) is 0.683. The molecule has 3 aromatic rings. The number of fused-ring (bicyclic) bond motifs is 1. The quantitative estimate of drug-likeness (QED) is 0.596. The van der Waals surface area contributed by atoms with Crippen LogP contribution in [0.5, 0.6) is 0 Å². The van der Waals surface area contributed by atoms with Crippen LogP contribution in [0.2, 0.25) is 0 Å². The first-order valence-corrected chi connectivity index (χ1v) is 9.65. The second-order valence-corrected chi connectivity index (χ2v) is 6.97. The third-order valence-electron chi connectivity index (χ3n) is 5.15. The topological polar surface area (TPSA) is 118 Å². The van der Waals surface area contributed by atoms with E-state index in [4.69, 9.17) is 4.74 Å². The number of benzene rings is 1. The van der Waals surface area contributed by atoms with Crippen molar-refractivity contribution in [3.8, 4) is 11.5 Å². The molecule has 1 aliphatic rings. The molecule has 0 spiro atoms. The predicted molar refractivity (Wildman–Crippen MR) is 107 cm³/mol. The Morgan fingerprint density at radius 3 is 2.83 bits per heavy atom. The van der Waals surface area contributed by atoms with E-state index >= 15 is 0 Å². The van der Waals surface area contributed by atoms with Gasteiger partial charge in [0.15, 0.2) is 11.6 Å². The number of rotatable bonds is 7. The zero-order chi connectivity index (χ0) is 21.1. The van der Waals surface area contributed by atoms with E-state index in [1.807, 2.05) is 30.3 Å². The molecule has 10 heteroatoms. The van der Waals surface area contributed by atoms with Gasteiger partial charge in [0.1, 0.15) is 17.4 Å². The number of ether oxygens (including phenoxy) is 1.